The Balaban J connectivity index is 1.34. The molecule has 2 heterocycles. The zero-order chi connectivity index (χ0) is 20.5. The molecule has 0 bridgehead atoms. The van der Waals surface area contributed by atoms with Crippen LogP contribution in [0.3, 0.4) is 0 Å². The standard InChI is InChI=1S/C24H20N2O3S/c1-15-13-18(11-12-25-15)29-21-4-2-3-19-20(21)9-10-22(19)28-17-7-5-16(6-8-17)23-14-24(27)26-30-23/h2-8,11-14,22H,9-10H2,1H3,(H,26,27)/t22-/m1/s1. The number of rotatable bonds is 5. The maximum absolute atomic E-state index is 9.44. The van der Waals surface area contributed by atoms with Crippen LogP contribution < -0.4 is 9.47 Å². The summed E-state index contributed by atoms with van der Waals surface area (Å²) in [5.74, 6) is 2.55. The van der Waals surface area contributed by atoms with Crippen molar-refractivity contribution in [2.75, 3.05) is 0 Å². The van der Waals surface area contributed by atoms with E-state index in [4.69, 9.17) is 9.47 Å². The number of pyridine rings is 1. The Morgan fingerprint density at radius 2 is 1.90 bits per heavy atom. The summed E-state index contributed by atoms with van der Waals surface area (Å²) in [4.78, 5) is 5.15. The minimum atomic E-state index is 0.000949. The normalized spacial score (nSPS) is 15.0. The molecule has 0 aliphatic heterocycles. The van der Waals surface area contributed by atoms with Crippen molar-refractivity contribution < 1.29 is 14.6 Å². The smallest absolute Gasteiger partial charge is 0.223 e. The van der Waals surface area contributed by atoms with E-state index in [1.54, 1.807) is 12.3 Å². The van der Waals surface area contributed by atoms with Crippen LogP contribution >= 0.6 is 11.5 Å². The summed E-state index contributed by atoms with van der Waals surface area (Å²) in [5, 5.41) is 9.44. The number of aryl methyl sites for hydroxylation is 1. The van der Waals surface area contributed by atoms with Crippen molar-refractivity contribution in [1.82, 2.24) is 9.36 Å². The summed E-state index contributed by atoms with van der Waals surface area (Å²) in [5.41, 5.74) is 4.32. The summed E-state index contributed by atoms with van der Waals surface area (Å²) in [6.07, 6.45) is 3.59. The molecule has 0 fully saturated rings. The van der Waals surface area contributed by atoms with Gasteiger partial charge in [0.25, 0.3) is 0 Å². The number of nitrogens with zero attached hydrogens (tertiary/aromatic N) is 2. The number of hydrogen-bond acceptors (Lipinski definition) is 6. The predicted molar refractivity (Wildman–Crippen MR) is 116 cm³/mol. The minimum absolute atomic E-state index is 0.000949. The fourth-order valence-corrected chi connectivity index (χ4v) is 4.42. The molecule has 2 aromatic carbocycles. The second-order valence-electron chi connectivity index (χ2n) is 7.28. The van der Waals surface area contributed by atoms with Crippen LogP contribution in [-0.4, -0.2) is 14.5 Å². The van der Waals surface area contributed by atoms with Gasteiger partial charge >= 0.3 is 0 Å². The Labute approximate surface area is 178 Å². The van der Waals surface area contributed by atoms with E-state index in [0.717, 1.165) is 46.2 Å². The van der Waals surface area contributed by atoms with E-state index in [2.05, 4.69) is 15.4 Å². The molecule has 150 valence electrons. The second kappa shape index (κ2) is 7.80. The third-order valence-corrected chi connectivity index (χ3v) is 6.01. The highest BCUT2D eigenvalue weighted by Gasteiger charge is 2.27. The van der Waals surface area contributed by atoms with Crippen molar-refractivity contribution in [2.45, 2.75) is 25.9 Å². The van der Waals surface area contributed by atoms with Gasteiger partial charge in [0.1, 0.15) is 23.4 Å². The quantitative estimate of drug-likeness (QED) is 0.427. The van der Waals surface area contributed by atoms with Gasteiger partial charge in [-0.1, -0.05) is 12.1 Å². The van der Waals surface area contributed by atoms with Crippen molar-refractivity contribution in [3.63, 3.8) is 0 Å². The lowest BCUT2D eigenvalue weighted by Gasteiger charge is -2.16. The lowest BCUT2D eigenvalue weighted by atomic mass is 10.1. The Morgan fingerprint density at radius 3 is 2.67 bits per heavy atom. The van der Waals surface area contributed by atoms with Crippen molar-refractivity contribution >= 4 is 11.5 Å². The maximum atomic E-state index is 9.44. The zero-order valence-corrected chi connectivity index (χ0v) is 17.2. The molecule has 6 heteroatoms. The van der Waals surface area contributed by atoms with Crippen LogP contribution in [0.5, 0.6) is 23.1 Å². The van der Waals surface area contributed by atoms with E-state index >= 15 is 0 Å². The van der Waals surface area contributed by atoms with E-state index in [9.17, 15) is 5.11 Å². The average Bonchev–Trinajstić information content (AvgIpc) is 3.36. The molecule has 1 atom stereocenters. The number of aromatic nitrogens is 2. The van der Waals surface area contributed by atoms with Crippen molar-refractivity contribution in [1.29, 1.82) is 0 Å². The van der Waals surface area contributed by atoms with E-state index < -0.39 is 0 Å². The van der Waals surface area contributed by atoms with Crippen LogP contribution in [0, 0.1) is 6.92 Å². The summed E-state index contributed by atoms with van der Waals surface area (Å²) in [6.45, 7) is 1.95. The summed E-state index contributed by atoms with van der Waals surface area (Å²) >= 11 is 1.28. The predicted octanol–water partition coefficient (Wildman–Crippen LogP) is 6.08. The third-order valence-electron chi connectivity index (χ3n) is 5.18. The van der Waals surface area contributed by atoms with Gasteiger partial charge in [0, 0.05) is 29.6 Å². The van der Waals surface area contributed by atoms with Gasteiger partial charge in [-0.3, -0.25) is 4.98 Å². The Morgan fingerprint density at radius 1 is 1.03 bits per heavy atom. The fourth-order valence-electron chi connectivity index (χ4n) is 3.77. The first-order chi connectivity index (χ1) is 14.7. The molecular weight excluding hydrogens is 396 g/mol. The van der Waals surface area contributed by atoms with Gasteiger partial charge in [-0.15, -0.1) is 0 Å². The molecule has 0 unspecified atom stereocenters. The monoisotopic (exact) mass is 416 g/mol. The van der Waals surface area contributed by atoms with Gasteiger partial charge in [0.05, 0.1) is 4.88 Å². The van der Waals surface area contributed by atoms with Crippen molar-refractivity contribution in [3.05, 3.63) is 83.7 Å². The molecule has 0 spiro atoms. The van der Waals surface area contributed by atoms with Crippen molar-refractivity contribution in [3.8, 4) is 33.6 Å². The van der Waals surface area contributed by atoms with Gasteiger partial charge in [-0.2, -0.15) is 4.37 Å². The molecule has 0 amide bonds. The van der Waals surface area contributed by atoms with Gasteiger partial charge in [-0.25, -0.2) is 0 Å². The highest BCUT2D eigenvalue weighted by molar-refractivity contribution is 7.09. The van der Waals surface area contributed by atoms with Crippen molar-refractivity contribution in [2.24, 2.45) is 0 Å². The van der Waals surface area contributed by atoms with Crippen LogP contribution in [-0.2, 0) is 6.42 Å². The Kier molecular flexibility index (Phi) is 4.85. The second-order valence-corrected chi connectivity index (χ2v) is 8.08. The molecule has 1 N–H and O–H groups in total. The molecule has 2 aromatic heterocycles. The van der Waals surface area contributed by atoms with Gasteiger partial charge in [-0.05, 0) is 78.8 Å². The van der Waals surface area contributed by atoms with Crippen LogP contribution in [0.1, 0.15) is 29.3 Å². The first-order valence-corrected chi connectivity index (χ1v) is 10.6. The molecule has 0 saturated carbocycles. The van der Waals surface area contributed by atoms with Gasteiger partial charge in [0.15, 0.2) is 0 Å². The number of ether oxygens (including phenoxy) is 2. The molecule has 1 aliphatic carbocycles. The first kappa shape index (κ1) is 18.6. The van der Waals surface area contributed by atoms with E-state index in [1.807, 2.05) is 55.5 Å². The molecule has 1 aliphatic rings. The summed E-state index contributed by atoms with van der Waals surface area (Å²) in [7, 11) is 0. The molecule has 30 heavy (non-hydrogen) atoms. The fraction of sp³-hybridized carbons (Fsp3) is 0.167. The zero-order valence-electron chi connectivity index (χ0n) is 16.4. The van der Waals surface area contributed by atoms with E-state index in [1.165, 1.54) is 22.7 Å². The number of hydrogen-bond donors (Lipinski definition) is 1. The Bertz CT molecular complexity index is 1190. The Hall–Kier alpha value is -3.38. The van der Waals surface area contributed by atoms with Crippen LogP contribution in [0.15, 0.2) is 66.9 Å². The maximum Gasteiger partial charge on any atom is 0.223 e. The summed E-state index contributed by atoms with van der Waals surface area (Å²) < 4.78 is 16.4. The number of fused-ring (bicyclic) bond motifs is 1. The van der Waals surface area contributed by atoms with E-state index in [0.29, 0.717) is 0 Å². The lowest BCUT2D eigenvalue weighted by Crippen LogP contribution is -2.03. The average molecular weight is 417 g/mol. The van der Waals surface area contributed by atoms with Crippen LogP contribution in [0.2, 0.25) is 0 Å². The molecule has 5 rings (SSSR count). The largest absolute Gasteiger partial charge is 0.493 e. The first-order valence-electron chi connectivity index (χ1n) is 9.81. The van der Waals surface area contributed by atoms with E-state index in [-0.39, 0.29) is 12.0 Å². The molecule has 4 aromatic rings. The number of aromatic hydroxyl groups is 1. The third kappa shape index (κ3) is 3.74. The number of benzene rings is 2. The van der Waals surface area contributed by atoms with Gasteiger partial charge < -0.3 is 14.6 Å². The van der Waals surface area contributed by atoms with Gasteiger partial charge in [0.2, 0.25) is 5.88 Å². The highest BCUT2D eigenvalue weighted by atomic mass is 32.1. The molecule has 5 nitrogen and oxygen atoms in total. The molecular formula is C24H20N2O3S. The van der Waals surface area contributed by atoms with Crippen LogP contribution in [0.25, 0.3) is 10.4 Å². The SMILES string of the molecule is Cc1cc(Oc2cccc3c2CC[C@H]3Oc2ccc(-c3cc(O)ns3)cc2)ccn1. The topological polar surface area (TPSA) is 64.5 Å². The summed E-state index contributed by atoms with van der Waals surface area (Å²) in [6, 6.07) is 19.5. The minimum Gasteiger partial charge on any atom is -0.493 e. The lowest BCUT2D eigenvalue weighted by molar-refractivity contribution is 0.207. The molecule has 0 saturated heterocycles. The molecule has 0 radical (unpaired) electrons. The highest BCUT2D eigenvalue weighted by Crippen LogP contribution is 2.41. The van der Waals surface area contributed by atoms with Crippen LogP contribution in [0.4, 0.5) is 0 Å².